The van der Waals surface area contributed by atoms with Gasteiger partial charge in [-0.2, -0.15) is 0 Å². The smallest absolute Gasteiger partial charge is 0.326 e. The van der Waals surface area contributed by atoms with Crippen molar-refractivity contribution in [3.8, 4) is 0 Å². The van der Waals surface area contributed by atoms with Gasteiger partial charge in [-0.1, -0.05) is 12.8 Å². The molecule has 1 aliphatic carbocycles. The van der Waals surface area contributed by atoms with Crippen molar-refractivity contribution >= 4 is 21.9 Å². The Labute approximate surface area is 143 Å². The van der Waals surface area contributed by atoms with Gasteiger partial charge in [0.05, 0.1) is 6.26 Å². The molecule has 2 saturated heterocycles. The number of aliphatic carboxylic acids is 1. The van der Waals surface area contributed by atoms with Gasteiger partial charge in [-0.25, -0.2) is 17.5 Å². The van der Waals surface area contributed by atoms with Gasteiger partial charge in [0.2, 0.25) is 15.9 Å². The first-order chi connectivity index (χ1) is 11.3. The van der Waals surface area contributed by atoms with Crippen LogP contribution in [0.1, 0.15) is 44.9 Å². The van der Waals surface area contributed by atoms with Gasteiger partial charge in [0.25, 0.3) is 0 Å². The van der Waals surface area contributed by atoms with Crippen molar-refractivity contribution in [3.05, 3.63) is 0 Å². The average molecular weight is 358 g/mol. The third kappa shape index (κ3) is 3.31. The number of fused-ring (bicyclic) bond motifs is 1. The van der Waals surface area contributed by atoms with Crippen molar-refractivity contribution in [3.63, 3.8) is 0 Å². The molecule has 0 aromatic rings. The number of nitrogens with zero attached hydrogens (tertiary/aromatic N) is 2. The van der Waals surface area contributed by atoms with E-state index in [-0.39, 0.29) is 17.9 Å². The van der Waals surface area contributed by atoms with E-state index in [0.717, 1.165) is 25.7 Å². The van der Waals surface area contributed by atoms with Crippen LogP contribution < -0.4 is 0 Å². The molecule has 8 heteroatoms. The van der Waals surface area contributed by atoms with E-state index < -0.39 is 22.0 Å². The Kier molecular flexibility index (Phi) is 4.88. The Morgan fingerprint density at radius 2 is 1.67 bits per heavy atom. The summed E-state index contributed by atoms with van der Waals surface area (Å²) in [4.78, 5) is 26.3. The SMILES string of the molecule is CS(=O)(=O)N1CCC(C(=O)N2C(C(=O)O)CC3CCCCC32)CC1. The number of carboxylic acid groups (broad SMARTS) is 1. The number of carbonyl (C=O) groups excluding carboxylic acids is 1. The second kappa shape index (κ2) is 6.63. The molecule has 3 atom stereocenters. The Hall–Kier alpha value is -1.15. The number of sulfonamides is 1. The van der Waals surface area contributed by atoms with Crippen molar-refractivity contribution in [1.82, 2.24) is 9.21 Å². The maximum absolute atomic E-state index is 13.0. The van der Waals surface area contributed by atoms with Crippen LogP contribution in [-0.2, 0) is 19.6 Å². The molecule has 0 aromatic heterocycles. The lowest BCUT2D eigenvalue weighted by Crippen LogP contribution is -2.51. The monoisotopic (exact) mass is 358 g/mol. The van der Waals surface area contributed by atoms with Gasteiger partial charge in [0.1, 0.15) is 6.04 Å². The number of hydrogen-bond donors (Lipinski definition) is 1. The highest BCUT2D eigenvalue weighted by Crippen LogP contribution is 2.41. The van der Waals surface area contributed by atoms with Crippen LogP contribution in [0.15, 0.2) is 0 Å². The van der Waals surface area contributed by atoms with E-state index >= 15 is 0 Å². The summed E-state index contributed by atoms with van der Waals surface area (Å²) in [6.07, 6.45) is 6.76. The van der Waals surface area contributed by atoms with Crippen molar-refractivity contribution in [1.29, 1.82) is 0 Å². The van der Waals surface area contributed by atoms with Crippen LogP contribution in [0, 0.1) is 11.8 Å². The van der Waals surface area contributed by atoms with Crippen LogP contribution in [0.3, 0.4) is 0 Å². The number of likely N-dealkylation sites (tertiary alicyclic amines) is 1. The summed E-state index contributed by atoms with van der Waals surface area (Å²) in [7, 11) is -3.22. The van der Waals surface area contributed by atoms with Gasteiger partial charge in [-0.3, -0.25) is 4.79 Å². The van der Waals surface area contributed by atoms with E-state index in [9.17, 15) is 23.1 Å². The lowest BCUT2D eigenvalue weighted by molar-refractivity contribution is -0.152. The van der Waals surface area contributed by atoms with Gasteiger partial charge >= 0.3 is 5.97 Å². The zero-order valence-electron chi connectivity index (χ0n) is 14.1. The number of rotatable bonds is 3. The molecule has 0 aromatic carbocycles. The molecule has 1 saturated carbocycles. The van der Waals surface area contributed by atoms with Crippen molar-refractivity contribution in [2.24, 2.45) is 11.8 Å². The Bertz CT molecular complexity index is 612. The molecule has 2 aliphatic heterocycles. The maximum atomic E-state index is 13.0. The van der Waals surface area contributed by atoms with Crippen molar-refractivity contribution < 1.29 is 23.1 Å². The van der Waals surface area contributed by atoms with E-state index in [2.05, 4.69) is 0 Å². The van der Waals surface area contributed by atoms with Gasteiger partial charge in [0, 0.05) is 25.0 Å². The third-order valence-corrected chi connectivity index (χ3v) is 7.20. The molecule has 0 spiro atoms. The summed E-state index contributed by atoms with van der Waals surface area (Å²) >= 11 is 0. The minimum absolute atomic E-state index is 0.0558. The molecule has 24 heavy (non-hydrogen) atoms. The third-order valence-electron chi connectivity index (χ3n) is 5.90. The highest BCUT2D eigenvalue weighted by Gasteiger charge is 2.49. The van der Waals surface area contributed by atoms with Gasteiger partial charge in [-0.05, 0) is 38.0 Å². The van der Waals surface area contributed by atoms with E-state index in [4.69, 9.17) is 0 Å². The largest absolute Gasteiger partial charge is 0.480 e. The Morgan fingerprint density at radius 1 is 1.04 bits per heavy atom. The summed E-state index contributed by atoms with van der Waals surface area (Å²) in [6.45, 7) is 0.684. The normalized spacial score (nSPS) is 32.5. The minimum Gasteiger partial charge on any atom is -0.480 e. The van der Waals surface area contributed by atoms with Crippen LogP contribution in [0.25, 0.3) is 0 Å². The molecule has 136 valence electrons. The summed E-state index contributed by atoms with van der Waals surface area (Å²) in [5.41, 5.74) is 0. The molecule has 2 heterocycles. The zero-order valence-corrected chi connectivity index (χ0v) is 14.9. The zero-order chi connectivity index (χ0) is 17.5. The first-order valence-corrected chi connectivity index (χ1v) is 10.6. The minimum atomic E-state index is -3.22. The molecule has 0 bridgehead atoms. The predicted octanol–water partition coefficient (Wildman–Crippen LogP) is 0.902. The summed E-state index contributed by atoms with van der Waals surface area (Å²) in [5, 5.41) is 9.55. The van der Waals surface area contributed by atoms with Crippen LogP contribution in [-0.4, -0.2) is 66.0 Å². The molecule has 3 fully saturated rings. The maximum Gasteiger partial charge on any atom is 0.326 e. The molecular formula is C16H26N2O5S. The fourth-order valence-corrected chi connectivity index (χ4v) is 5.52. The second-order valence-corrected chi connectivity index (χ2v) is 9.37. The lowest BCUT2D eigenvalue weighted by Gasteiger charge is -2.37. The van der Waals surface area contributed by atoms with Gasteiger partial charge < -0.3 is 10.0 Å². The standard InChI is InChI=1S/C16H26N2O5S/c1-24(22,23)17-8-6-11(7-9-17)15(19)18-13-5-3-2-4-12(13)10-14(18)16(20)21/h11-14H,2-10H2,1H3,(H,20,21). The topological polar surface area (TPSA) is 95.0 Å². The lowest BCUT2D eigenvalue weighted by atomic mass is 9.84. The van der Waals surface area contributed by atoms with Crippen LogP contribution in [0.4, 0.5) is 0 Å². The molecule has 3 aliphatic rings. The predicted molar refractivity (Wildman–Crippen MR) is 87.8 cm³/mol. The van der Waals surface area contributed by atoms with Crippen LogP contribution in [0.5, 0.6) is 0 Å². The second-order valence-electron chi connectivity index (χ2n) is 7.38. The van der Waals surface area contributed by atoms with Crippen LogP contribution >= 0.6 is 0 Å². The van der Waals surface area contributed by atoms with E-state index in [0.29, 0.717) is 38.3 Å². The number of carbonyl (C=O) groups is 2. The first kappa shape index (κ1) is 17.7. The van der Waals surface area contributed by atoms with E-state index in [1.165, 1.54) is 10.6 Å². The molecule has 7 nitrogen and oxygen atoms in total. The fourth-order valence-electron chi connectivity index (χ4n) is 4.64. The highest BCUT2D eigenvalue weighted by molar-refractivity contribution is 7.88. The number of amides is 1. The summed E-state index contributed by atoms with van der Waals surface area (Å²) in [6, 6.07) is -0.654. The molecule has 3 rings (SSSR count). The molecule has 0 radical (unpaired) electrons. The van der Waals surface area contributed by atoms with Crippen molar-refractivity contribution in [2.45, 2.75) is 57.0 Å². The summed E-state index contributed by atoms with van der Waals surface area (Å²) in [5.74, 6) is -0.943. The molecule has 1 amide bonds. The number of piperidine rings is 1. The Balaban J connectivity index is 1.72. The van der Waals surface area contributed by atoms with Crippen molar-refractivity contribution in [2.75, 3.05) is 19.3 Å². The average Bonchev–Trinajstić information content (AvgIpc) is 2.93. The molecule has 1 N–H and O–H groups in total. The highest BCUT2D eigenvalue weighted by atomic mass is 32.2. The fraction of sp³-hybridized carbons (Fsp3) is 0.875. The van der Waals surface area contributed by atoms with E-state index in [1.807, 2.05) is 0 Å². The Morgan fingerprint density at radius 3 is 2.25 bits per heavy atom. The quantitative estimate of drug-likeness (QED) is 0.809. The number of hydrogen-bond acceptors (Lipinski definition) is 4. The van der Waals surface area contributed by atoms with Gasteiger partial charge in [-0.15, -0.1) is 0 Å². The molecular weight excluding hydrogens is 332 g/mol. The first-order valence-electron chi connectivity index (χ1n) is 8.79. The van der Waals surface area contributed by atoms with Gasteiger partial charge in [0.15, 0.2) is 0 Å². The van der Waals surface area contributed by atoms with Crippen LogP contribution in [0.2, 0.25) is 0 Å². The summed E-state index contributed by atoms with van der Waals surface area (Å²) < 4.78 is 24.6. The van der Waals surface area contributed by atoms with E-state index in [1.54, 1.807) is 4.90 Å². The number of carboxylic acids is 1. The molecule has 3 unspecified atom stereocenters.